The molecule has 0 amide bonds. The van der Waals surface area contributed by atoms with E-state index in [-0.39, 0.29) is 0 Å². The van der Waals surface area contributed by atoms with Crippen LogP contribution in [0.1, 0.15) is 0 Å². The lowest BCUT2D eigenvalue weighted by Gasteiger charge is -2.31. The van der Waals surface area contributed by atoms with Gasteiger partial charge in [-0.1, -0.05) is 0 Å². The third-order valence-electron chi connectivity index (χ3n) is 3.34. The van der Waals surface area contributed by atoms with Gasteiger partial charge in [-0.3, -0.25) is 9.13 Å². The van der Waals surface area contributed by atoms with Crippen LogP contribution in [-0.4, -0.2) is 48.2 Å². The summed E-state index contributed by atoms with van der Waals surface area (Å²) >= 11 is 0. The summed E-state index contributed by atoms with van der Waals surface area (Å²) in [5.41, 5.74) is 0.886. The van der Waals surface area contributed by atoms with Gasteiger partial charge in [0, 0.05) is 12.7 Å². The molecule has 0 fully saturated rings. The van der Waals surface area contributed by atoms with Gasteiger partial charge in [0.05, 0.1) is 31.0 Å². The molecule has 0 saturated heterocycles. The highest BCUT2D eigenvalue weighted by atomic mass is 31.2. The first kappa shape index (κ1) is 17.1. The van der Waals surface area contributed by atoms with Gasteiger partial charge in [0.25, 0.3) is 5.08 Å². The van der Waals surface area contributed by atoms with Crippen LogP contribution in [-0.2, 0) is 15.7 Å². The molecule has 0 saturated carbocycles. The van der Waals surface area contributed by atoms with Gasteiger partial charge in [-0.2, -0.15) is 0 Å². The topological polar surface area (TPSA) is 142 Å². The molecule has 0 aliphatic rings. The second-order valence-electron chi connectivity index (χ2n) is 4.92. The zero-order chi connectivity index (χ0) is 16.8. The summed E-state index contributed by atoms with van der Waals surface area (Å²) in [5.74, 6) is 0.534. The van der Waals surface area contributed by atoms with Crippen LogP contribution in [0.15, 0.2) is 24.5 Å². The Bertz CT molecular complexity index is 769. The molecule has 122 valence electrons. The van der Waals surface area contributed by atoms with E-state index >= 15 is 0 Å². The van der Waals surface area contributed by atoms with E-state index < -0.39 is 26.6 Å². The van der Waals surface area contributed by atoms with Crippen molar-refractivity contribution in [3.63, 3.8) is 0 Å². The van der Waals surface area contributed by atoms with E-state index in [1.165, 1.54) is 18.0 Å². The van der Waals surface area contributed by atoms with Gasteiger partial charge in [-0.15, -0.1) is 0 Å². The quantitative estimate of drug-likeness (QED) is 0.579. The van der Waals surface area contributed by atoms with Crippen molar-refractivity contribution in [1.29, 1.82) is 0 Å². The van der Waals surface area contributed by atoms with E-state index in [1.54, 1.807) is 18.2 Å². The third-order valence-corrected chi connectivity index (χ3v) is 7.78. The van der Waals surface area contributed by atoms with Crippen LogP contribution >= 0.6 is 15.0 Å². The number of nitrogens with zero attached hydrogens (tertiary/aromatic N) is 2. The second-order valence-corrected chi connectivity index (χ2v) is 9.60. The fourth-order valence-electron chi connectivity index (χ4n) is 1.99. The van der Waals surface area contributed by atoms with Gasteiger partial charge >= 0.3 is 7.60 Å². The normalized spacial score (nSPS) is 17.9. The van der Waals surface area contributed by atoms with E-state index in [9.17, 15) is 28.9 Å². The number of benzene rings is 1. The van der Waals surface area contributed by atoms with Crippen molar-refractivity contribution in [2.45, 2.75) is 11.6 Å². The first-order valence-electron chi connectivity index (χ1n) is 6.07. The van der Waals surface area contributed by atoms with E-state index in [1.807, 2.05) is 0 Å². The van der Waals surface area contributed by atoms with Gasteiger partial charge in [0.1, 0.15) is 5.75 Å². The Morgan fingerprint density at radius 3 is 2.45 bits per heavy atom. The lowest BCUT2D eigenvalue weighted by atomic mass is 10.3. The predicted molar refractivity (Wildman–Crippen MR) is 79.0 cm³/mol. The third kappa shape index (κ3) is 2.84. The molecule has 2 rings (SSSR count). The first-order valence-corrected chi connectivity index (χ1v) is 9.79. The molecule has 1 aromatic heterocycles. The Morgan fingerprint density at radius 1 is 1.32 bits per heavy atom. The van der Waals surface area contributed by atoms with Crippen LogP contribution in [0.3, 0.4) is 0 Å². The second kappa shape index (κ2) is 5.45. The molecule has 0 aliphatic heterocycles. The number of fused-ring (bicyclic) bond motifs is 1. The molecule has 4 N–H and O–H groups in total. The van der Waals surface area contributed by atoms with Crippen molar-refractivity contribution in [3.8, 4) is 5.75 Å². The Balaban J connectivity index is 2.53. The summed E-state index contributed by atoms with van der Waals surface area (Å²) < 4.78 is 29.6. The van der Waals surface area contributed by atoms with Crippen molar-refractivity contribution in [3.05, 3.63) is 24.5 Å². The molecule has 1 aromatic carbocycles. The number of aliphatic hydroxyl groups is 1. The maximum absolute atomic E-state index is 11.8. The van der Waals surface area contributed by atoms with Crippen molar-refractivity contribution < 1.29 is 33.7 Å². The van der Waals surface area contributed by atoms with E-state index in [4.69, 9.17) is 4.74 Å². The fraction of sp³-hybridized carbons (Fsp3) is 0.364. The van der Waals surface area contributed by atoms with Crippen molar-refractivity contribution in [2.24, 2.45) is 0 Å². The standard InChI is InChI=1S/C11H16N2O7P2/c1-20-8-3-4-10-9(5-8)12-7-13(10)6-11(14,21(2,15)16)22(17,18)19/h3-5,7,14H,6H2,1-2H3,(H,15,16)(H2,17,18,19). The average molecular weight is 350 g/mol. The molecule has 22 heavy (non-hydrogen) atoms. The van der Waals surface area contributed by atoms with Gasteiger partial charge < -0.3 is 29.1 Å². The molecule has 0 aliphatic carbocycles. The monoisotopic (exact) mass is 350 g/mol. The zero-order valence-corrected chi connectivity index (χ0v) is 13.6. The molecule has 2 aromatic rings. The molecule has 1 heterocycles. The minimum absolute atomic E-state index is 0.432. The highest BCUT2D eigenvalue weighted by Crippen LogP contribution is 2.68. The molecule has 0 bridgehead atoms. The number of aromatic nitrogens is 2. The highest BCUT2D eigenvalue weighted by Gasteiger charge is 2.57. The Labute approximate surface area is 125 Å². The summed E-state index contributed by atoms with van der Waals surface area (Å²) in [6, 6.07) is 4.76. The number of ether oxygens (including phenoxy) is 1. The summed E-state index contributed by atoms with van der Waals surface area (Å²) in [6.07, 6.45) is 1.22. The molecule has 2 unspecified atom stereocenters. The van der Waals surface area contributed by atoms with Crippen molar-refractivity contribution in [2.75, 3.05) is 13.8 Å². The summed E-state index contributed by atoms with van der Waals surface area (Å²) in [7, 11) is -8.32. The zero-order valence-electron chi connectivity index (χ0n) is 11.8. The van der Waals surface area contributed by atoms with Gasteiger partial charge in [0.2, 0.25) is 7.37 Å². The number of rotatable bonds is 5. The number of imidazole rings is 1. The Kier molecular flexibility index (Phi) is 4.25. The Morgan fingerprint density at radius 2 is 1.95 bits per heavy atom. The molecule has 11 heteroatoms. The number of hydrogen-bond acceptors (Lipinski definition) is 5. The van der Waals surface area contributed by atoms with Gasteiger partial charge in [0.15, 0.2) is 0 Å². The van der Waals surface area contributed by atoms with Crippen LogP contribution in [0.4, 0.5) is 0 Å². The molecular weight excluding hydrogens is 334 g/mol. The van der Waals surface area contributed by atoms with Crippen LogP contribution in [0.25, 0.3) is 11.0 Å². The smallest absolute Gasteiger partial charge is 0.368 e. The largest absolute Gasteiger partial charge is 0.497 e. The summed E-state index contributed by atoms with van der Waals surface area (Å²) in [6.45, 7) is -0.0708. The minimum atomic E-state index is -5.27. The van der Waals surface area contributed by atoms with Crippen LogP contribution in [0.5, 0.6) is 5.75 Å². The van der Waals surface area contributed by atoms with E-state index in [0.29, 0.717) is 23.4 Å². The number of methoxy groups -OCH3 is 1. The lowest BCUT2D eigenvalue weighted by Crippen LogP contribution is -2.33. The van der Waals surface area contributed by atoms with Crippen molar-refractivity contribution >= 4 is 26.0 Å². The summed E-state index contributed by atoms with van der Waals surface area (Å²) in [5, 5.41) is 7.08. The lowest BCUT2D eigenvalue weighted by molar-refractivity contribution is 0.134. The van der Waals surface area contributed by atoms with Crippen LogP contribution in [0.2, 0.25) is 0 Å². The molecule has 0 spiro atoms. The Hall–Kier alpha value is -1.21. The number of hydrogen-bond donors (Lipinski definition) is 4. The average Bonchev–Trinajstić information content (AvgIpc) is 2.78. The molecular formula is C11H16N2O7P2. The van der Waals surface area contributed by atoms with Crippen LogP contribution < -0.4 is 4.74 Å². The fourth-order valence-corrected chi connectivity index (χ4v) is 4.68. The maximum Gasteiger partial charge on any atom is 0.368 e. The van der Waals surface area contributed by atoms with E-state index in [0.717, 1.165) is 0 Å². The van der Waals surface area contributed by atoms with E-state index in [2.05, 4.69) is 4.98 Å². The minimum Gasteiger partial charge on any atom is -0.497 e. The maximum atomic E-state index is 11.8. The van der Waals surface area contributed by atoms with Gasteiger partial charge in [-0.25, -0.2) is 4.98 Å². The molecule has 9 nitrogen and oxygen atoms in total. The SMILES string of the molecule is COc1ccc2c(c1)ncn2CC(O)(P(C)(=O)O)P(=O)(O)O. The predicted octanol–water partition coefficient (Wildman–Crippen LogP) is 0.769. The first-order chi connectivity index (χ1) is 9.99. The molecule has 0 radical (unpaired) electrons. The van der Waals surface area contributed by atoms with Crippen molar-refractivity contribution in [1.82, 2.24) is 9.55 Å². The van der Waals surface area contributed by atoms with Gasteiger partial charge in [-0.05, 0) is 12.1 Å². The molecule has 2 atom stereocenters. The summed E-state index contributed by atoms with van der Waals surface area (Å²) in [4.78, 5) is 32.2. The van der Waals surface area contributed by atoms with Crippen LogP contribution in [0, 0.1) is 0 Å². The highest BCUT2D eigenvalue weighted by molar-refractivity contribution is 7.74.